The zero-order valence-electron chi connectivity index (χ0n) is 11.0. The van der Waals surface area contributed by atoms with Crippen molar-refractivity contribution < 1.29 is 14.6 Å². The topological polar surface area (TPSA) is 99.3 Å². The Morgan fingerprint density at radius 3 is 2.80 bits per heavy atom. The van der Waals surface area contributed by atoms with E-state index in [1.165, 1.54) is 6.20 Å². The van der Waals surface area contributed by atoms with Gasteiger partial charge in [-0.1, -0.05) is 0 Å². The highest BCUT2D eigenvalue weighted by molar-refractivity contribution is 5.66. The summed E-state index contributed by atoms with van der Waals surface area (Å²) in [7, 11) is 0. The maximum absolute atomic E-state index is 10.4. The molecule has 0 bridgehead atoms. The van der Waals surface area contributed by atoms with E-state index in [-0.39, 0.29) is 19.1 Å². The van der Waals surface area contributed by atoms with Gasteiger partial charge in [0.1, 0.15) is 6.07 Å². The fourth-order valence-electron chi connectivity index (χ4n) is 2.19. The number of carboxylic acids is 1. The van der Waals surface area contributed by atoms with Crippen LogP contribution in [0.2, 0.25) is 0 Å². The molecule has 0 aromatic carbocycles. The van der Waals surface area contributed by atoms with Crippen LogP contribution in [-0.2, 0) is 9.53 Å². The van der Waals surface area contributed by atoms with Crippen molar-refractivity contribution in [2.45, 2.75) is 25.4 Å². The van der Waals surface area contributed by atoms with Crippen LogP contribution in [0, 0.1) is 11.3 Å². The molecule has 0 radical (unpaired) electrons. The summed E-state index contributed by atoms with van der Waals surface area (Å²) in [6.07, 6.45) is 4.77. The molecular weight excluding hydrogens is 260 g/mol. The number of carbonyl (C=O) groups is 1. The molecule has 1 saturated heterocycles. The van der Waals surface area contributed by atoms with Gasteiger partial charge in [-0.3, -0.25) is 4.79 Å². The van der Waals surface area contributed by atoms with Crippen LogP contribution in [0.1, 0.15) is 25.0 Å². The molecule has 0 spiro atoms. The Morgan fingerprint density at radius 2 is 2.15 bits per heavy atom. The van der Waals surface area contributed by atoms with E-state index < -0.39 is 5.97 Å². The summed E-state index contributed by atoms with van der Waals surface area (Å²) >= 11 is 0. The van der Waals surface area contributed by atoms with Crippen molar-refractivity contribution in [3.05, 3.63) is 18.1 Å². The van der Waals surface area contributed by atoms with Gasteiger partial charge in [0, 0.05) is 25.5 Å². The third kappa shape index (κ3) is 3.65. The van der Waals surface area contributed by atoms with Gasteiger partial charge in [0.05, 0.1) is 19.1 Å². The van der Waals surface area contributed by atoms with Crippen LogP contribution in [0.15, 0.2) is 12.4 Å². The Morgan fingerprint density at radius 1 is 1.45 bits per heavy atom. The smallest absolute Gasteiger partial charge is 0.305 e. The highest BCUT2D eigenvalue weighted by Crippen LogP contribution is 2.21. The molecule has 1 aromatic heterocycles. The number of hydrogen-bond acceptors (Lipinski definition) is 6. The molecule has 0 unspecified atom stereocenters. The van der Waals surface area contributed by atoms with Gasteiger partial charge in [-0.25, -0.2) is 9.97 Å². The van der Waals surface area contributed by atoms with Gasteiger partial charge in [0.2, 0.25) is 0 Å². The molecule has 7 heteroatoms. The van der Waals surface area contributed by atoms with E-state index in [0.29, 0.717) is 11.5 Å². The van der Waals surface area contributed by atoms with E-state index in [9.17, 15) is 4.79 Å². The monoisotopic (exact) mass is 276 g/mol. The first-order valence-electron chi connectivity index (χ1n) is 6.50. The zero-order valence-corrected chi connectivity index (χ0v) is 11.0. The normalized spacial score (nSPS) is 15.8. The molecule has 106 valence electrons. The van der Waals surface area contributed by atoms with Gasteiger partial charge >= 0.3 is 5.97 Å². The highest BCUT2D eigenvalue weighted by atomic mass is 16.5. The first-order chi connectivity index (χ1) is 9.70. The lowest BCUT2D eigenvalue weighted by molar-refractivity contribution is -0.138. The second-order valence-electron chi connectivity index (χ2n) is 4.54. The molecule has 2 heterocycles. The average molecular weight is 276 g/mol. The van der Waals surface area contributed by atoms with Gasteiger partial charge in [0.25, 0.3) is 0 Å². The molecular formula is C13H16N4O3. The number of hydrogen-bond donors (Lipinski definition) is 1. The van der Waals surface area contributed by atoms with Crippen molar-refractivity contribution in [3.63, 3.8) is 0 Å². The Hall–Kier alpha value is -2.20. The number of nitrogens with zero attached hydrogens (tertiary/aromatic N) is 4. The lowest BCUT2D eigenvalue weighted by atomic mass is 10.1. The SMILES string of the molecule is N#Cc1nccnc1N1CCC(OCCC(=O)O)CC1. The first kappa shape index (κ1) is 14.2. The average Bonchev–Trinajstić information content (AvgIpc) is 2.47. The minimum atomic E-state index is -0.847. The van der Waals surface area contributed by atoms with Gasteiger partial charge in [-0.2, -0.15) is 5.26 Å². The number of rotatable bonds is 5. The van der Waals surface area contributed by atoms with Crippen LogP contribution >= 0.6 is 0 Å². The van der Waals surface area contributed by atoms with Crippen molar-refractivity contribution in [3.8, 4) is 6.07 Å². The van der Waals surface area contributed by atoms with Crippen molar-refractivity contribution in [2.24, 2.45) is 0 Å². The number of piperidine rings is 1. The molecule has 0 saturated carbocycles. The molecule has 1 fully saturated rings. The predicted molar refractivity (Wildman–Crippen MR) is 70.2 cm³/mol. The van der Waals surface area contributed by atoms with Crippen LogP contribution in [0.25, 0.3) is 0 Å². The molecule has 1 aliphatic heterocycles. The molecule has 0 amide bonds. The first-order valence-corrected chi connectivity index (χ1v) is 6.50. The predicted octanol–water partition coefficient (Wildman–Crippen LogP) is 0.808. The molecule has 0 atom stereocenters. The fraction of sp³-hybridized carbons (Fsp3) is 0.538. The van der Waals surface area contributed by atoms with Gasteiger partial charge in [0.15, 0.2) is 11.5 Å². The Balaban J connectivity index is 1.85. The molecule has 1 aliphatic rings. The van der Waals surface area contributed by atoms with Crippen molar-refractivity contribution in [1.29, 1.82) is 5.26 Å². The minimum absolute atomic E-state index is 0.0307. The van der Waals surface area contributed by atoms with Gasteiger partial charge < -0.3 is 14.7 Å². The lowest BCUT2D eigenvalue weighted by Gasteiger charge is -2.32. The van der Waals surface area contributed by atoms with Crippen LogP contribution in [0.4, 0.5) is 5.82 Å². The molecule has 1 N–H and O–H groups in total. The summed E-state index contributed by atoms with van der Waals surface area (Å²) in [6.45, 7) is 1.70. The van der Waals surface area contributed by atoms with E-state index in [1.54, 1.807) is 6.20 Å². The van der Waals surface area contributed by atoms with E-state index in [4.69, 9.17) is 15.1 Å². The van der Waals surface area contributed by atoms with E-state index in [0.717, 1.165) is 25.9 Å². The zero-order chi connectivity index (χ0) is 14.4. The molecule has 0 aliphatic carbocycles. The lowest BCUT2D eigenvalue weighted by Crippen LogP contribution is -2.38. The Bertz CT molecular complexity index is 507. The van der Waals surface area contributed by atoms with Crippen LogP contribution < -0.4 is 4.90 Å². The van der Waals surface area contributed by atoms with Crippen molar-refractivity contribution in [1.82, 2.24) is 9.97 Å². The summed E-state index contributed by atoms with van der Waals surface area (Å²) in [5.74, 6) is -0.236. The number of aliphatic carboxylic acids is 1. The largest absolute Gasteiger partial charge is 0.481 e. The third-order valence-corrected chi connectivity index (χ3v) is 3.20. The molecule has 1 aromatic rings. The summed E-state index contributed by atoms with van der Waals surface area (Å²) in [4.78, 5) is 20.6. The third-order valence-electron chi connectivity index (χ3n) is 3.20. The number of ether oxygens (including phenoxy) is 1. The van der Waals surface area contributed by atoms with Gasteiger partial charge in [-0.15, -0.1) is 0 Å². The van der Waals surface area contributed by atoms with E-state index in [2.05, 4.69) is 9.97 Å². The summed E-state index contributed by atoms with van der Waals surface area (Å²) in [5, 5.41) is 17.6. The van der Waals surface area contributed by atoms with E-state index >= 15 is 0 Å². The Labute approximate surface area is 116 Å². The highest BCUT2D eigenvalue weighted by Gasteiger charge is 2.22. The maximum atomic E-state index is 10.4. The fourth-order valence-corrected chi connectivity index (χ4v) is 2.19. The van der Waals surface area contributed by atoms with Crippen LogP contribution in [0.5, 0.6) is 0 Å². The van der Waals surface area contributed by atoms with Crippen molar-refractivity contribution in [2.75, 3.05) is 24.6 Å². The standard InChI is InChI=1S/C13H16N4O3/c14-9-11-13(16-5-4-15-11)17-6-1-10(2-7-17)20-8-3-12(18)19/h4-5,10H,1-3,6-8H2,(H,18,19). The summed E-state index contributed by atoms with van der Waals surface area (Å²) in [6, 6.07) is 2.04. The maximum Gasteiger partial charge on any atom is 0.305 e. The Kier molecular flexibility index (Phi) is 4.85. The molecule has 7 nitrogen and oxygen atoms in total. The van der Waals surface area contributed by atoms with Crippen LogP contribution in [-0.4, -0.2) is 46.8 Å². The van der Waals surface area contributed by atoms with Crippen molar-refractivity contribution >= 4 is 11.8 Å². The van der Waals surface area contributed by atoms with Crippen LogP contribution in [0.3, 0.4) is 0 Å². The summed E-state index contributed by atoms with van der Waals surface area (Å²) < 4.78 is 5.53. The second kappa shape index (κ2) is 6.82. The molecule has 2 rings (SSSR count). The number of anilines is 1. The summed E-state index contributed by atoms with van der Waals surface area (Å²) in [5.41, 5.74) is 0.331. The van der Waals surface area contributed by atoms with Gasteiger partial charge in [-0.05, 0) is 12.8 Å². The quantitative estimate of drug-likeness (QED) is 0.849. The minimum Gasteiger partial charge on any atom is -0.481 e. The van der Waals surface area contributed by atoms with E-state index in [1.807, 2.05) is 11.0 Å². The second-order valence-corrected chi connectivity index (χ2v) is 4.54. The number of carboxylic acid groups (broad SMARTS) is 1. The number of nitriles is 1. The molecule has 20 heavy (non-hydrogen) atoms. The number of aromatic nitrogens is 2.